The molecule has 2 N–H and O–H groups in total. The number of hydrazine groups is 1. The molecule has 0 atom stereocenters. The number of carbonyl (C=O) groups excluding carboxylic acids is 2. The quantitative estimate of drug-likeness (QED) is 0.807. The van der Waals surface area contributed by atoms with Crippen LogP contribution >= 0.6 is 0 Å². The lowest BCUT2D eigenvalue weighted by molar-refractivity contribution is -0.137. The summed E-state index contributed by atoms with van der Waals surface area (Å²) < 4.78 is 37.4. The van der Waals surface area contributed by atoms with Gasteiger partial charge in [0.2, 0.25) is 5.91 Å². The van der Waals surface area contributed by atoms with Gasteiger partial charge in [0, 0.05) is 11.5 Å². The first-order valence-corrected chi connectivity index (χ1v) is 5.65. The lowest BCUT2D eigenvalue weighted by Gasteiger charge is -2.09. The lowest BCUT2D eigenvalue weighted by Crippen LogP contribution is -2.42. The summed E-state index contributed by atoms with van der Waals surface area (Å²) in [5, 5.41) is 0. The fourth-order valence-electron chi connectivity index (χ4n) is 1.47. The van der Waals surface area contributed by atoms with Crippen LogP contribution in [0, 0.1) is 5.92 Å². The van der Waals surface area contributed by atoms with Gasteiger partial charge in [-0.25, -0.2) is 0 Å². The molecule has 7 heteroatoms. The highest BCUT2D eigenvalue weighted by Gasteiger charge is 2.31. The van der Waals surface area contributed by atoms with Gasteiger partial charge in [-0.1, -0.05) is 6.07 Å². The number of amides is 2. The third kappa shape index (κ3) is 3.46. The highest BCUT2D eigenvalue weighted by Crippen LogP contribution is 2.29. The Labute approximate surface area is 107 Å². The Morgan fingerprint density at radius 1 is 1.16 bits per heavy atom. The SMILES string of the molecule is O=C(NNC(=O)C1CC1)c1cccc(C(F)(F)F)c1. The third-order valence-corrected chi connectivity index (χ3v) is 2.70. The van der Waals surface area contributed by atoms with E-state index in [1.807, 2.05) is 0 Å². The van der Waals surface area contributed by atoms with Gasteiger partial charge >= 0.3 is 6.18 Å². The Morgan fingerprint density at radius 3 is 2.42 bits per heavy atom. The number of rotatable bonds is 2. The first-order valence-electron chi connectivity index (χ1n) is 5.65. The molecular weight excluding hydrogens is 261 g/mol. The van der Waals surface area contributed by atoms with Crippen molar-refractivity contribution in [3.05, 3.63) is 35.4 Å². The fraction of sp³-hybridized carbons (Fsp3) is 0.333. The van der Waals surface area contributed by atoms with Crippen LogP contribution in [0.1, 0.15) is 28.8 Å². The van der Waals surface area contributed by atoms with Crippen molar-refractivity contribution in [2.45, 2.75) is 19.0 Å². The van der Waals surface area contributed by atoms with Crippen molar-refractivity contribution in [3.8, 4) is 0 Å². The summed E-state index contributed by atoms with van der Waals surface area (Å²) in [7, 11) is 0. The van der Waals surface area contributed by atoms with Crippen molar-refractivity contribution in [3.63, 3.8) is 0 Å². The number of carbonyl (C=O) groups is 2. The first kappa shape index (κ1) is 13.4. The van der Waals surface area contributed by atoms with Crippen LogP contribution in [0.3, 0.4) is 0 Å². The normalized spacial score (nSPS) is 14.9. The number of benzene rings is 1. The van der Waals surface area contributed by atoms with Crippen molar-refractivity contribution < 1.29 is 22.8 Å². The molecule has 0 bridgehead atoms. The van der Waals surface area contributed by atoms with Gasteiger partial charge in [-0.15, -0.1) is 0 Å². The second-order valence-electron chi connectivity index (χ2n) is 4.30. The molecule has 0 aliphatic heterocycles. The molecule has 19 heavy (non-hydrogen) atoms. The molecule has 4 nitrogen and oxygen atoms in total. The van der Waals surface area contributed by atoms with E-state index >= 15 is 0 Å². The number of nitrogens with one attached hydrogen (secondary N) is 2. The number of alkyl halides is 3. The van der Waals surface area contributed by atoms with Crippen molar-refractivity contribution in [2.24, 2.45) is 5.92 Å². The minimum atomic E-state index is -4.51. The topological polar surface area (TPSA) is 58.2 Å². The zero-order valence-electron chi connectivity index (χ0n) is 9.75. The summed E-state index contributed by atoms with van der Waals surface area (Å²) in [5.41, 5.74) is 3.20. The predicted molar refractivity (Wildman–Crippen MR) is 59.8 cm³/mol. The van der Waals surface area contributed by atoms with Crippen molar-refractivity contribution in [1.82, 2.24) is 10.9 Å². The molecule has 1 fully saturated rings. The molecule has 0 unspecified atom stereocenters. The van der Waals surface area contributed by atoms with Crippen LogP contribution in [-0.2, 0) is 11.0 Å². The first-order chi connectivity index (χ1) is 8.88. The summed E-state index contributed by atoms with van der Waals surface area (Å²) in [5.74, 6) is -1.19. The van der Waals surface area contributed by atoms with E-state index < -0.39 is 17.6 Å². The third-order valence-electron chi connectivity index (χ3n) is 2.70. The molecular formula is C12H11F3N2O2. The van der Waals surface area contributed by atoms with E-state index in [-0.39, 0.29) is 17.4 Å². The standard InChI is InChI=1S/C12H11F3N2O2/c13-12(14,15)9-3-1-2-8(6-9)11(19)17-16-10(18)7-4-5-7/h1-3,6-7H,4-5H2,(H,16,18)(H,17,19). The summed E-state index contributed by atoms with van der Waals surface area (Å²) >= 11 is 0. The zero-order valence-corrected chi connectivity index (χ0v) is 9.75. The van der Waals surface area contributed by atoms with Gasteiger partial charge in [-0.05, 0) is 31.0 Å². The molecule has 1 aromatic carbocycles. The molecule has 0 aromatic heterocycles. The number of hydrogen-bond acceptors (Lipinski definition) is 2. The highest BCUT2D eigenvalue weighted by molar-refractivity contribution is 5.95. The van der Waals surface area contributed by atoms with Gasteiger partial charge in [0.25, 0.3) is 5.91 Å². The van der Waals surface area contributed by atoms with Crippen molar-refractivity contribution in [1.29, 1.82) is 0 Å². The summed E-state index contributed by atoms with van der Waals surface area (Å²) in [6, 6.07) is 3.99. The maximum atomic E-state index is 12.5. The maximum absolute atomic E-state index is 12.5. The van der Waals surface area contributed by atoms with Crippen molar-refractivity contribution >= 4 is 11.8 Å². The van der Waals surface area contributed by atoms with Gasteiger partial charge in [-0.3, -0.25) is 20.4 Å². The molecule has 0 radical (unpaired) electrons. The Balaban J connectivity index is 2.00. The monoisotopic (exact) mass is 272 g/mol. The second kappa shape index (κ2) is 4.91. The van der Waals surface area contributed by atoms with Gasteiger partial charge < -0.3 is 0 Å². The average molecular weight is 272 g/mol. The van der Waals surface area contributed by atoms with E-state index in [9.17, 15) is 22.8 Å². The van der Waals surface area contributed by atoms with Crippen molar-refractivity contribution in [2.75, 3.05) is 0 Å². The van der Waals surface area contributed by atoms with Crippen LogP contribution in [0.5, 0.6) is 0 Å². The smallest absolute Gasteiger partial charge is 0.273 e. The van der Waals surface area contributed by atoms with E-state index in [0.29, 0.717) is 0 Å². The summed E-state index contributed by atoms with van der Waals surface area (Å²) in [6.07, 6.45) is -2.97. The van der Waals surface area contributed by atoms with Gasteiger partial charge in [-0.2, -0.15) is 13.2 Å². The maximum Gasteiger partial charge on any atom is 0.416 e. The Morgan fingerprint density at radius 2 is 1.84 bits per heavy atom. The highest BCUT2D eigenvalue weighted by atomic mass is 19.4. The van der Waals surface area contributed by atoms with Gasteiger partial charge in [0.1, 0.15) is 0 Å². The van der Waals surface area contributed by atoms with Crippen LogP contribution in [0.4, 0.5) is 13.2 Å². The number of hydrogen-bond donors (Lipinski definition) is 2. The molecule has 0 spiro atoms. The van der Waals surface area contributed by atoms with E-state index in [1.54, 1.807) is 0 Å². The molecule has 2 rings (SSSR count). The average Bonchev–Trinajstić information content (AvgIpc) is 3.19. The second-order valence-corrected chi connectivity index (χ2v) is 4.30. The number of halogens is 3. The fourth-order valence-corrected chi connectivity index (χ4v) is 1.47. The van der Waals surface area contributed by atoms with Gasteiger partial charge in [0.15, 0.2) is 0 Å². The van der Waals surface area contributed by atoms with Crippen LogP contribution < -0.4 is 10.9 Å². The Hall–Kier alpha value is -2.05. The molecule has 1 saturated carbocycles. The summed E-state index contributed by atoms with van der Waals surface area (Å²) in [6.45, 7) is 0. The van der Waals surface area contributed by atoms with Crippen LogP contribution in [0.2, 0.25) is 0 Å². The largest absolute Gasteiger partial charge is 0.416 e. The minimum absolute atomic E-state index is 0.0955. The Kier molecular flexibility index (Phi) is 3.46. The Bertz CT molecular complexity index is 510. The van der Waals surface area contributed by atoms with E-state index in [1.165, 1.54) is 6.07 Å². The summed E-state index contributed by atoms with van der Waals surface area (Å²) in [4.78, 5) is 22.8. The molecule has 102 valence electrons. The van der Waals surface area contributed by atoms with E-state index in [0.717, 1.165) is 31.0 Å². The molecule has 1 aliphatic rings. The zero-order chi connectivity index (χ0) is 14.0. The van der Waals surface area contributed by atoms with Gasteiger partial charge in [0.05, 0.1) is 5.56 Å². The van der Waals surface area contributed by atoms with E-state index in [2.05, 4.69) is 10.9 Å². The molecule has 2 amide bonds. The van der Waals surface area contributed by atoms with Crippen LogP contribution in [0.25, 0.3) is 0 Å². The molecule has 1 aliphatic carbocycles. The predicted octanol–water partition coefficient (Wildman–Crippen LogP) is 1.88. The molecule has 1 aromatic rings. The van der Waals surface area contributed by atoms with Crippen LogP contribution in [0.15, 0.2) is 24.3 Å². The lowest BCUT2D eigenvalue weighted by atomic mass is 10.1. The van der Waals surface area contributed by atoms with Crippen LogP contribution in [-0.4, -0.2) is 11.8 Å². The minimum Gasteiger partial charge on any atom is -0.273 e. The molecule has 0 saturated heterocycles. The molecule has 0 heterocycles. The van der Waals surface area contributed by atoms with E-state index in [4.69, 9.17) is 0 Å².